The monoisotopic (exact) mass is 408 g/mol. The van der Waals surface area contributed by atoms with Crippen LogP contribution in [0.4, 0.5) is 26.3 Å². The van der Waals surface area contributed by atoms with E-state index in [9.17, 15) is 35.9 Å². The number of Topliss-reactive ketones (excluding diaryl/α,β-unsaturated/α-hetero) is 1. The molecule has 1 heterocycles. The number of hydrogen-bond donors (Lipinski definition) is 2. The normalized spacial score (nSPS) is 11.6. The van der Waals surface area contributed by atoms with Crippen molar-refractivity contribution in [2.45, 2.75) is 12.4 Å². The molecule has 0 radical (unpaired) electrons. The van der Waals surface area contributed by atoms with E-state index in [0.717, 1.165) is 11.0 Å². The van der Waals surface area contributed by atoms with Crippen LogP contribution in [0.1, 0.15) is 19.3 Å². The average molecular weight is 408 g/mol. The van der Waals surface area contributed by atoms with Gasteiger partial charge in [0.2, 0.25) is 0 Å². The summed E-state index contributed by atoms with van der Waals surface area (Å²) in [4.78, 5) is 32.1. The van der Waals surface area contributed by atoms with Gasteiger partial charge in [0, 0.05) is 0 Å². The number of hydrogen-bond acceptors (Lipinski definition) is 5. The van der Waals surface area contributed by atoms with Crippen molar-refractivity contribution in [3.05, 3.63) is 21.9 Å². The zero-order valence-corrected chi connectivity index (χ0v) is 14.2. The summed E-state index contributed by atoms with van der Waals surface area (Å²) >= 11 is 0.546. The third-order valence-electron chi connectivity index (χ3n) is 2.45. The molecule has 0 fully saturated rings. The number of nitrogens with one attached hydrogen (secondary N) is 2. The number of carboxylic acids is 1. The minimum Gasteiger partial charge on any atom is -0.542 e. The number of thiophene rings is 1. The predicted molar refractivity (Wildman–Crippen MR) is 75.8 cm³/mol. The number of aliphatic carboxylic acids is 1. The summed E-state index contributed by atoms with van der Waals surface area (Å²) in [5.41, 5.74) is 0. The van der Waals surface area contributed by atoms with E-state index in [1.807, 2.05) is 14.1 Å². The van der Waals surface area contributed by atoms with Crippen molar-refractivity contribution in [3.63, 3.8) is 0 Å². The molecule has 0 atom stereocenters. The zero-order valence-electron chi connectivity index (χ0n) is 13.4. The Balaban J connectivity index is 0.000000758. The van der Waals surface area contributed by atoms with Crippen LogP contribution in [0, 0.1) is 0 Å². The van der Waals surface area contributed by atoms with E-state index in [1.54, 1.807) is 0 Å². The van der Waals surface area contributed by atoms with Gasteiger partial charge in [0.25, 0.3) is 11.7 Å². The first kappa shape index (κ1) is 23.9. The first-order valence-corrected chi connectivity index (χ1v) is 7.54. The van der Waals surface area contributed by atoms with E-state index in [2.05, 4.69) is 5.32 Å². The Morgan fingerprint density at radius 3 is 1.88 bits per heavy atom. The summed E-state index contributed by atoms with van der Waals surface area (Å²) in [5, 5.41) is 11.4. The van der Waals surface area contributed by atoms with Gasteiger partial charge in [-0.05, 0) is 12.1 Å². The fourth-order valence-corrected chi connectivity index (χ4v) is 2.12. The van der Waals surface area contributed by atoms with Gasteiger partial charge in [0.1, 0.15) is 5.97 Å². The predicted octanol–water partition coefficient (Wildman–Crippen LogP) is -0.334. The fraction of sp³-hybridized carbons (Fsp3) is 0.462. The van der Waals surface area contributed by atoms with Crippen LogP contribution in [-0.4, -0.2) is 57.2 Å². The van der Waals surface area contributed by atoms with Crippen molar-refractivity contribution < 1.29 is 50.7 Å². The van der Waals surface area contributed by atoms with Gasteiger partial charge in [-0.15, -0.1) is 11.3 Å². The summed E-state index contributed by atoms with van der Waals surface area (Å²) in [5.74, 6) is -5.39. The van der Waals surface area contributed by atoms with Crippen molar-refractivity contribution in [3.8, 4) is 0 Å². The van der Waals surface area contributed by atoms with Gasteiger partial charge in [0.05, 0.1) is 36.9 Å². The minimum atomic E-state index is -5.19. The van der Waals surface area contributed by atoms with Crippen LogP contribution in [0.2, 0.25) is 0 Å². The van der Waals surface area contributed by atoms with Gasteiger partial charge >= 0.3 is 12.4 Å². The maximum atomic E-state index is 12.2. The van der Waals surface area contributed by atoms with Crippen molar-refractivity contribution in [1.82, 2.24) is 5.32 Å². The number of alkyl halides is 6. The molecule has 0 saturated carbocycles. The molecule has 0 spiro atoms. The molecular weight excluding hydrogens is 394 g/mol. The SMILES string of the molecule is C[NH+](C)CCNC(=O)c1ccc(C(=O)C(F)(F)F)s1.O=C([O-])C(F)(F)F. The van der Waals surface area contributed by atoms with Gasteiger partial charge in [-0.3, -0.25) is 9.59 Å². The third-order valence-corrected chi connectivity index (χ3v) is 3.54. The summed E-state index contributed by atoms with van der Waals surface area (Å²) in [6, 6.07) is 2.24. The molecule has 0 aromatic carbocycles. The number of amides is 1. The number of carboxylic acid groups (broad SMARTS) is 1. The van der Waals surface area contributed by atoms with E-state index in [4.69, 9.17) is 9.90 Å². The molecule has 13 heteroatoms. The molecule has 0 saturated heterocycles. The molecule has 1 aromatic heterocycles. The van der Waals surface area contributed by atoms with Crippen LogP contribution < -0.4 is 15.3 Å². The van der Waals surface area contributed by atoms with Gasteiger partial charge in [-0.1, -0.05) is 0 Å². The lowest BCUT2D eigenvalue weighted by molar-refractivity contribution is -0.856. The molecule has 6 nitrogen and oxygen atoms in total. The Labute approximate surface area is 147 Å². The second-order valence-electron chi connectivity index (χ2n) is 4.99. The van der Waals surface area contributed by atoms with Crippen LogP contribution in [-0.2, 0) is 4.79 Å². The molecule has 1 rings (SSSR count). The quantitative estimate of drug-likeness (QED) is 0.516. The molecule has 1 amide bonds. The lowest BCUT2D eigenvalue weighted by atomic mass is 10.3. The van der Waals surface area contributed by atoms with Crippen LogP contribution in [0.25, 0.3) is 0 Å². The Hall–Kier alpha value is -2.15. The third kappa shape index (κ3) is 8.80. The Bertz CT molecular complexity index is 639. The molecule has 0 unspecified atom stereocenters. The van der Waals surface area contributed by atoms with E-state index in [-0.39, 0.29) is 4.88 Å². The lowest BCUT2D eigenvalue weighted by Crippen LogP contribution is -3.06. The minimum absolute atomic E-state index is 0.0985. The van der Waals surface area contributed by atoms with Crippen molar-refractivity contribution in [2.24, 2.45) is 0 Å². The lowest BCUT2D eigenvalue weighted by Gasteiger charge is -2.07. The molecule has 2 N–H and O–H groups in total. The molecule has 0 aliphatic heterocycles. The summed E-state index contributed by atoms with van der Waals surface area (Å²) < 4.78 is 68.1. The number of carbonyl (C=O) groups is 3. The first-order chi connectivity index (χ1) is 11.7. The molecule has 0 bridgehead atoms. The molecule has 0 aliphatic carbocycles. The maximum absolute atomic E-state index is 12.2. The van der Waals surface area contributed by atoms with Crippen molar-refractivity contribution >= 4 is 29.0 Å². The topological polar surface area (TPSA) is 90.7 Å². The molecule has 1 aromatic rings. The smallest absolute Gasteiger partial charge is 0.455 e. The average Bonchev–Trinajstić information content (AvgIpc) is 2.94. The second kappa shape index (κ2) is 9.52. The zero-order chi connectivity index (χ0) is 20.7. The molecule has 148 valence electrons. The maximum Gasteiger partial charge on any atom is 0.455 e. The summed E-state index contributed by atoms with van der Waals surface area (Å²) in [7, 11) is 3.83. The highest BCUT2D eigenvalue weighted by Gasteiger charge is 2.40. The highest BCUT2D eigenvalue weighted by molar-refractivity contribution is 7.16. The van der Waals surface area contributed by atoms with E-state index >= 15 is 0 Å². The van der Waals surface area contributed by atoms with Gasteiger partial charge in [-0.25, -0.2) is 0 Å². The van der Waals surface area contributed by atoms with Crippen LogP contribution in [0.3, 0.4) is 0 Å². The van der Waals surface area contributed by atoms with Gasteiger partial charge in [-0.2, -0.15) is 26.3 Å². The fourth-order valence-electron chi connectivity index (χ4n) is 1.23. The van der Waals surface area contributed by atoms with Crippen LogP contribution in [0.5, 0.6) is 0 Å². The highest BCUT2D eigenvalue weighted by atomic mass is 32.1. The number of rotatable bonds is 5. The van der Waals surface area contributed by atoms with Crippen molar-refractivity contribution in [2.75, 3.05) is 27.2 Å². The standard InChI is InChI=1S/C11H13F3N2O2S.C2HF3O2/c1-16(2)6-5-15-10(18)8-4-3-7(19-8)9(17)11(12,13)14;3-2(4,5)1(6)7/h3-4H,5-6H2,1-2H3,(H,15,18);(H,6,7). The van der Waals surface area contributed by atoms with E-state index < -0.39 is 34.9 Å². The first-order valence-electron chi connectivity index (χ1n) is 6.73. The number of quaternary nitrogens is 1. The van der Waals surface area contributed by atoms with E-state index in [1.165, 1.54) is 6.07 Å². The summed E-state index contributed by atoms with van der Waals surface area (Å²) in [6.07, 6.45) is -10.1. The summed E-state index contributed by atoms with van der Waals surface area (Å²) in [6.45, 7) is 1.12. The Kier molecular flexibility index (Phi) is 8.73. The van der Waals surface area contributed by atoms with Crippen molar-refractivity contribution in [1.29, 1.82) is 0 Å². The number of ketones is 1. The second-order valence-corrected chi connectivity index (χ2v) is 6.07. The van der Waals surface area contributed by atoms with Gasteiger partial charge < -0.3 is 20.1 Å². The molecular formula is C13H14F6N2O4S. The van der Waals surface area contributed by atoms with Gasteiger partial charge in [0.15, 0.2) is 0 Å². The largest absolute Gasteiger partial charge is 0.542 e. The van der Waals surface area contributed by atoms with Crippen LogP contribution >= 0.6 is 11.3 Å². The number of likely N-dealkylation sites (N-methyl/N-ethyl adjacent to an activating group) is 1. The molecule has 26 heavy (non-hydrogen) atoms. The number of carbonyl (C=O) groups excluding carboxylic acids is 3. The Morgan fingerprint density at radius 1 is 1.04 bits per heavy atom. The van der Waals surface area contributed by atoms with E-state index in [0.29, 0.717) is 24.4 Å². The number of halogens is 6. The van der Waals surface area contributed by atoms with Crippen LogP contribution in [0.15, 0.2) is 12.1 Å². The molecule has 0 aliphatic rings. The Morgan fingerprint density at radius 2 is 1.50 bits per heavy atom. The highest BCUT2D eigenvalue weighted by Crippen LogP contribution is 2.26.